The minimum absolute atomic E-state index is 0.140. The van der Waals surface area contributed by atoms with Crippen molar-refractivity contribution in [2.24, 2.45) is 0 Å². The molecule has 0 aliphatic rings. The average Bonchev–Trinajstić information content (AvgIpc) is 2.70. The Hall–Kier alpha value is -3.35. The minimum atomic E-state index is -0.739. The van der Waals surface area contributed by atoms with Gasteiger partial charge in [0.2, 0.25) is 0 Å². The second-order valence-corrected chi connectivity index (χ2v) is 5.83. The molecule has 0 fully saturated rings. The van der Waals surface area contributed by atoms with Crippen LogP contribution in [0.4, 0.5) is 20.3 Å². The Bertz CT molecular complexity index is 897. The van der Waals surface area contributed by atoms with E-state index in [9.17, 15) is 13.6 Å². The van der Waals surface area contributed by atoms with Crippen molar-refractivity contribution in [3.05, 3.63) is 83.6 Å². The van der Waals surface area contributed by atoms with Crippen LogP contribution in [0.25, 0.3) is 0 Å². The lowest BCUT2D eigenvalue weighted by molar-refractivity contribution is 0.0745. The normalized spacial score (nSPS) is 10.5. The van der Waals surface area contributed by atoms with Gasteiger partial charge in [0, 0.05) is 13.1 Å². The first-order chi connectivity index (χ1) is 13.1. The molecule has 1 N–H and O–H groups in total. The molecule has 0 saturated carbocycles. The molecular weight excluding hydrogens is 350 g/mol. The molecule has 0 aliphatic carbocycles. The van der Waals surface area contributed by atoms with E-state index in [2.05, 4.69) is 15.5 Å². The second kappa shape index (κ2) is 8.35. The molecular formula is C20H18F2N4O. The molecule has 0 unspecified atom stereocenters. The van der Waals surface area contributed by atoms with Gasteiger partial charge in [-0.1, -0.05) is 36.4 Å². The van der Waals surface area contributed by atoms with Crippen LogP contribution in [0.2, 0.25) is 0 Å². The Morgan fingerprint density at radius 3 is 2.26 bits per heavy atom. The zero-order chi connectivity index (χ0) is 19.2. The molecule has 0 atom stereocenters. The first-order valence-electron chi connectivity index (χ1n) is 8.46. The van der Waals surface area contributed by atoms with Crippen molar-refractivity contribution in [3.8, 4) is 0 Å². The highest BCUT2D eigenvalue weighted by atomic mass is 19.1. The van der Waals surface area contributed by atoms with Crippen molar-refractivity contribution >= 4 is 17.4 Å². The second-order valence-electron chi connectivity index (χ2n) is 5.83. The fourth-order valence-corrected chi connectivity index (χ4v) is 2.55. The van der Waals surface area contributed by atoms with E-state index < -0.39 is 11.6 Å². The number of nitrogens with one attached hydrogen (secondary N) is 1. The first kappa shape index (κ1) is 18.4. The molecule has 1 heterocycles. The third-order valence-electron chi connectivity index (χ3n) is 3.98. The highest BCUT2D eigenvalue weighted by molar-refractivity contribution is 5.92. The van der Waals surface area contributed by atoms with Crippen LogP contribution in [-0.4, -0.2) is 27.5 Å². The van der Waals surface area contributed by atoms with Gasteiger partial charge in [0.1, 0.15) is 17.3 Å². The van der Waals surface area contributed by atoms with Crippen LogP contribution < -0.4 is 5.32 Å². The fourth-order valence-electron chi connectivity index (χ4n) is 2.55. The van der Waals surface area contributed by atoms with E-state index >= 15 is 0 Å². The number of carbonyl (C=O) groups is 1. The van der Waals surface area contributed by atoms with E-state index in [4.69, 9.17) is 0 Å². The maximum atomic E-state index is 13.7. The number of hydrogen-bond donors (Lipinski definition) is 1. The smallest absolute Gasteiger partial charge is 0.274 e. The van der Waals surface area contributed by atoms with Crippen molar-refractivity contribution in [1.29, 1.82) is 0 Å². The number of amides is 1. The zero-order valence-corrected chi connectivity index (χ0v) is 14.7. The predicted octanol–water partition coefficient (Wildman–Crippen LogP) is 4.16. The van der Waals surface area contributed by atoms with E-state index in [1.165, 1.54) is 18.2 Å². The molecule has 1 amide bonds. The third-order valence-corrected chi connectivity index (χ3v) is 3.98. The van der Waals surface area contributed by atoms with E-state index in [0.717, 1.165) is 17.7 Å². The van der Waals surface area contributed by atoms with Gasteiger partial charge in [-0.15, -0.1) is 10.2 Å². The predicted molar refractivity (Wildman–Crippen MR) is 98.5 cm³/mol. The molecule has 0 spiro atoms. The third kappa shape index (κ3) is 4.44. The summed E-state index contributed by atoms with van der Waals surface area (Å²) in [5.74, 6) is -1.60. The molecule has 1 aromatic heterocycles. The van der Waals surface area contributed by atoms with Crippen molar-refractivity contribution < 1.29 is 13.6 Å². The summed E-state index contributed by atoms with van der Waals surface area (Å²) in [6, 6.07) is 16.1. The van der Waals surface area contributed by atoms with Gasteiger partial charge in [-0.05, 0) is 36.8 Å². The fraction of sp³-hybridized carbons (Fsp3) is 0.150. The van der Waals surface area contributed by atoms with Crippen LogP contribution in [0.15, 0.2) is 60.7 Å². The summed E-state index contributed by atoms with van der Waals surface area (Å²) in [7, 11) is 0. The van der Waals surface area contributed by atoms with Crippen LogP contribution in [0.1, 0.15) is 23.0 Å². The lowest BCUT2D eigenvalue weighted by Gasteiger charge is -2.20. The molecule has 27 heavy (non-hydrogen) atoms. The van der Waals surface area contributed by atoms with Crippen molar-refractivity contribution in [1.82, 2.24) is 15.1 Å². The van der Waals surface area contributed by atoms with Crippen molar-refractivity contribution in [2.45, 2.75) is 13.5 Å². The molecule has 5 nitrogen and oxygen atoms in total. The van der Waals surface area contributed by atoms with Crippen molar-refractivity contribution in [2.75, 3.05) is 11.9 Å². The molecule has 0 bridgehead atoms. The number of anilines is 2. The van der Waals surface area contributed by atoms with Crippen LogP contribution in [0, 0.1) is 11.6 Å². The topological polar surface area (TPSA) is 58.1 Å². The van der Waals surface area contributed by atoms with Crippen LogP contribution >= 0.6 is 0 Å². The van der Waals surface area contributed by atoms with Gasteiger partial charge < -0.3 is 10.2 Å². The molecule has 3 rings (SSSR count). The highest BCUT2D eigenvalue weighted by Crippen LogP contribution is 2.21. The lowest BCUT2D eigenvalue weighted by atomic mass is 10.2. The Morgan fingerprint density at radius 1 is 0.963 bits per heavy atom. The van der Waals surface area contributed by atoms with Gasteiger partial charge in [0.05, 0.1) is 0 Å². The quantitative estimate of drug-likeness (QED) is 0.710. The number of hydrogen-bond acceptors (Lipinski definition) is 4. The Labute approximate surface area is 155 Å². The molecule has 0 saturated heterocycles. The number of nitrogens with zero attached hydrogens (tertiary/aromatic N) is 3. The standard InChI is InChI=1S/C20H18F2N4O/c1-2-26(13-14-7-4-3-5-8-14)20(27)17-11-12-18(25-24-17)23-19-15(21)9-6-10-16(19)22/h3-12H,2,13H2,1H3,(H,23,25). The number of carbonyl (C=O) groups excluding carboxylic acids is 1. The van der Waals surface area contributed by atoms with Gasteiger partial charge in [-0.2, -0.15) is 0 Å². The van der Waals surface area contributed by atoms with E-state index in [-0.39, 0.29) is 23.1 Å². The monoisotopic (exact) mass is 368 g/mol. The summed E-state index contributed by atoms with van der Waals surface area (Å²) >= 11 is 0. The highest BCUT2D eigenvalue weighted by Gasteiger charge is 2.17. The summed E-state index contributed by atoms with van der Waals surface area (Å²) in [6.45, 7) is 2.85. The summed E-state index contributed by atoms with van der Waals surface area (Å²) in [5.41, 5.74) is 0.853. The molecule has 0 radical (unpaired) electrons. The summed E-state index contributed by atoms with van der Waals surface area (Å²) in [6.07, 6.45) is 0. The molecule has 7 heteroatoms. The molecule has 138 valence electrons. The lowest BCUT2D eigenvalue weighted by Crippen LogP contribution is -2.31. The first-order valence-corrected chi connectivity index (χ1v) is 8.46. The number of para-hydroxylation sites is 1. The molecule has 0 aliphatic heterocycles. The Morgan fingerprint density at radius 2 is 1.67 bits per heavy atom. The van der Waals surface area contributed by atoms with Gasteiger partial charge in [0.25, 0.3) is 5.91 Å². The molecule has 2 aromatic carbocycles. The summed E-state index contributed by atoms with van der Waals surface area (Å²) < 4.78 is 27.4. The Balaban J connectivity index is 1.73. The van der Waals surface area contributed by atoms with Gasteiger partial charge in [0.15, 0.2) is 11.5 Å². The largest absolute Gasteiger partial charge is 0.334 e. The van der Waals surface area contributed by atoms with E-state index in [0.29, 0.717) is 13.1 Å². The zero-order valence-electron chi connectivity index (χ0n) is 14.7. The van der Waals surface area contributed by atoms with Gasteiger partial charge >= 0.3 is 0 Å². The van der Waals surface area contributed by atoms with Crippen LogP contribution in [0.5, 0.6) is 0 Å². The summed E-state index contributed by atoms with van der Waals surface area (Å²) in [4.78, 5) is 14.3. The summed E-state index contributed by atoms with van der Waals surface area (Å²) in [5, 5.41) is 10.3. The van der Waals surface area contributed by atoms with Gasteiger partial charge in [-0.3, -0.25) is 4.79 Å². The number of aromatic nitrogens is 2. The van der Waals surface area contributed by atoms with Gasteiger partial charge in [-0.25, -0.2) is 8.78 Å². The van der Waals surface area contributed by atoms with Crippen LogP contribution in [-0.2, 0) is 6.54 Å². The average molecular weight is 368 g/mol. The maximum absolute atomic E-state index is 13.7. The minimum Gasteiger partial charge on any atom is -0.334 e. The maximum Gasteiger partial charge on any atom is 0.274 e. The number of halogens is 2. The van der Waals surface area contributed by atoms with Crippen LogP contribution in [0.3, 0.4) is 0 Å². The Kier molecular flexibility index (Phi) is 5.71. The van der Waals surface area contributed by atoms with Crippen molar-refractivity contribution in [3.63, 3.8) is 0 Å². The van der Waals surface area contributed by atoms with E-state index in [1.54, 1.807) is 4.90 Å². The number of benzene rings is 2. The molecule has 3 aromatic rings. The number of rotatable bonds is 6. The van der Waals surface area contributed by atoms with E-state index in [1.807, 2.05) is 37.3 Å². The SMILES string of the molecule is CCN(Cc1ccccc1)C(=O)c1ccc(Nc2c(F)cccc2F)nn1.